The van der Waals surface area contributed by atoms with E-state index in [-0.39, 0.29) is 0 Å². The van der Waals surface area contributed by atoms with E-state index in [9.17, 15) is 0 Å². The van der Waals surface area contributed by atoms with Crippen molar-refractivity contribution in [2.75, 3.05) is 24.5 Å². The van der Waals surface area contributed by atoms with Gasteiger partial charge in [0.1, 0.15) is 11.5 Å². The molecule has 3 aliphatic rings. The highest BCUT2D eigenvalue weighted by Crippen LogP contribution is 2.43. The van der Waals surface area contributed by atoms with Crippen molar-refractivity contribution in [3.63, 3.8) is 0 Å². The van der Waals surface area contributed by atoms with Gasteiger partial charge in [-0.15, -0.1) is 0 Å². The number of likely N-dealkylation sites (tertiary alicyclic amines) is 1. The van der Waals surface area contributed by atoms with Gasteiger partial charge in [0.15, 0.2) is 0 Å². The Labute approximate surface area is 184 Å². The highest BCUT2D eigenvalue weighted by Gasteiger charge is 2.37. The Kier molecular flexibility index (Phi) is 4.92. The molecule has 3 aromatic heterocycles. The second kappa shape index (κ2) is 7.92. The first-order valence-electron chi connectivity index (χ1n) is 11.9. The van der Waals surface area contributed by atoms with Crippen LogP contribution in [0.1, 0.15) is 55.1 Å². The minimum Gasteiger partial charge on any atom is -0.358 e. The van der Waals surface area contributed by atoms with Gasteiger partial charge in [0.05, 0.1) is 17.4 Å². The molecule has 0 amide bonds. The van der Waals surface area contributed by atoms with Gasteiger partial charge in [0.2, 0.25) is 0 Å². The monoisotopic (exact) mass is 416 g/mol. The maximum absolute atomic E-state index is 6.13. The molecule has 0 radical (unpaired) electrons. The lowest BCUT2D eigenvalue weighted by Crippen LogP contribution is -2.41. The SMILES string of the molecule is NC1CCN(c2cccc3nc(CN4CCCC5CCc6cccnc6C54)cn23)CC1. The molecule has 0 saturated carbocycles. The van der Waals surface area contributed by atoms with E-state index < -0.39 is 0 Å². The lowest BCUT2D eigenvalue weighted by atomic mass is 9.77. The molecule has 2 unspecified atom stereocenters. The maximum atomic E-state index is 6.13. The van der Waals surface area contributed by atoms with Gasteiger partial charge in [0.25, 0.3) is 0 Å². The molecule has 6 rings (SSSR count). The van der Waals surface area contributed by atoms with Crippen LogP contribution in [0.4, 0.5) is 5.82 Å². The first-order chi connectivity index (χ1) is 15.3. The predicted molar refractivity (Wildman–Crippen MR) is 123 cm³/mol. The minimum atomic E-state index is 0.341. The molecular weight excluding hydrogens is 384 g/mol. The fraction of sp³-hybridized carbons (Fsp3) is 0.520. The number of hydrogen-bond donors (Lipinski definition) is 1. The normalized spacial score (nSPS) is 24.9. The summed E-state index contributed by atoms with van der Waals surface area (Å²) < 4.78 is 2.28. The van der Waals surface area contributed by atoms with E-state index in [2.05, 4.69) is 50.7 Å². The summed E-state index contributed by atoms with van der Waals surface area (Å²) in [5, 5.41) is 0. The summed E-state index contributed by atoms with van der Waals surface area (Å²) in [6, 6.07) is 11.6. The standard InChI is InChI=1S/C25H32N6/c26-20-10-14-29(15-11-20)23-7-1-6-22-28-21(17-31(22)23)16-30-13-3-5-19-9-8-18-4-2-12-27-24(18)25(19)30/h1-2,4,6-7,12,17,19-20,25H,3,5,8-11,13-16,26H2. The van der Waals surface area contributed by atoms with Gasteiger partial charge in [-0.25, -0.2) is 4.98 Å². The Morgan fingerprint density at radius 3 is 2.81 bits per heavy atom. The molecule has 0 bridgehead atoms. The van der Waals surface area contributed by atoms with Crippen LogP contribution in [-0.2, 0) is 13.0 Å². The van der Waals surface area contributed by atoms with Gasteiger partial charge in [0, 0.05) is 38.1 Å². The molecule has 31 heavy (non-hydrogen) atoms. The molecule has 0 aromatic carbocycles. The molecule has 2 N–H and O–H groups in total. The van der Waals surface area contributed by atoms with Crippen molar-refractivity contribution in [3.05, 3.63) is 59.7 Å². The number of hydrogen-bond acceptors (Lipinski definition) is 5. The first kappa shape index (κ1) is 19.3. The van der Waals surface area contributed by atoms with E-state index in [1.54, 1.807) is 0 Å². The van der Waals surface area contributed by atoms with Gasteiger partial charge in [-0.3, -0.25) is 14.3 Å². The first-order valence-corrected chi connectivity index (χ1v) is 11.9. The van der Waals surface area contributed by atoms with Crippen LogP contribution in [0, 0.1) is 5.92 Å². The summed E-state index contributed by atoms with van der Waals surface area (Å²) in [5.74, 6) is 1.96. The minimum absolute atomic E-state index is 0.341. The summed E-state index contributed by atoms with van der Waals surface area (Å²) in [6.45, 7) is 4.06. The van der Waals surface area contributed by atoms with Crippen molar-refractivity contribution in [2.45, 2.75) is 57.2 Å². The number of piperidine rings is 2. The lowest BCUT2D eigenvalue weighted by molar-refractivity contribution is 0.0687. The molecule has 6 nitrogen and oxygen atoms in total. The number of aryl methyl sites for hydroxylation is 1. The largest absolute Gasteiger partial charge is 0.358 e. The number of anilines is 1. The molecule has 2 fully saturated rings. The molecule has 2 atom stereocenters. The van der Waals surface area contributed by atoms with Crippen molar-refractivity contribution in [1.29, 1.82) is 0 Å². The zero-order valence-electron chi connectivity index (χ0n) is 18.2. The molecule has 162 valence electrons. The fourth-order valence-corrected chi connectivity index (χ4v) is 6.01. The van der Waals surface area contributed by atoms with Gasteiger partial charge < -0.3 is 10.6 Å². The summed E-state index contributed by atoms with van der Waals surface area (Å²) in [4.78, 5) is 15.0. The van der Waals surface area contributed by atoms with E-state index >= 15 is 0 Å². The van der Waals surface area contributed by atoms with Crippen LogP contribution in [0.2, 0.25) is 0 Å². The maximum Gasteiger partial charge on any atom is 0.138 e. The van der Waals surface area contributed by atoms with Gasteiger partial charge in [-0.2, -0.15) is 0 Å². The third-order valence-corrected chi connectivity index (χ3v) is 7.60. The molecule has 1 aliphatic carbocycles. The van der Waals surface area contributed by atoms with Crippen molar-refractivity contribution in [2.24, 2.45) is 11.7 Å². The highest BCUT2D eigenvalue weighted by atomic mass is 15.2. The average Bonchev–Trinajstić information content (AvgIpc) is 3.22. The number of rotatable bonds is 3. The summed E-state index contributed by atoms with van der Waals surface area (Å²) in [5.41, 5.74) is 11.1. The summed E-state index contributed by atoms with van der Waals surface area (Å²) in [7, 11) is 0. The van der Waals surface area contributed by atoms with E-state index in [0.29, 0.717) is 12.1 Å². The van der Waals surface area contributed by atoms with Crippen molar-refractivity contribution >= 4 is 11.5 Å². The van der Waals surface area contributed by atoms with Crippen molar-refractivity contribution < 1.29 is 0 Å². The van der Waals surface area contributed by atoms with Crippen LogP contribution >= 0.6 is 0 Å². The third kappa shape index (κ3) is 3.52. The van der Waals surface area contributed by atoms with Crippen LogP contribution in [0.25, 0.3) is 5.65 Å². The second-order valence-electron chi connectivity index (χ2n) is 9.57. The van der Waals surface area contributed by atoms with E-state index in [0.717, 1.165) is 56.3 Å². The Morgan fingerprint density at radius 1 is 1.00 bits per heavy atom. The molecule has 3 aromatic rings. The molecule has 6 heteroatoms. The molecule has 2 saturated heterocycles. The fourth-order valence-electron chi connectivity index (χ4n) is 6.01. The summed E-state index contributed by atoms with van der Waals surface area (Å²) in [6.07, 6.45) is 11.4. The zero-order chi connectivity index (χ0) is 20.8. The Hall–Kier alpha value is -2.44. The quantitative estimate of drug-likeness (QED) is 0.707. The number of aromatic nitrogens is 3. The molecule has 0 spiro atoms. The van der Waals surface area contributed by atoms with Crippen LogP contribution in [0.5, 0.6) is 0 Å². The predicted octanol–water partition coefficient (Wildman–Crippen LogP) is 3.56. The van der Waals surface area contributed by atoms with Gasteiger partial charge in [-0.05, 0) is 74.8 Å². The number of imidazole rings is 1. The summed E-state index contributed by atoms with van der Waals surface area (Å²) >= 11 is 0. The van der Waals surface area contributed by atoms with Gasteiger partial charge >= 0.3 is 0 Å². The van der Waals surface area contributed by atoms with Crippen LogP contribution < -0.4 is 10.6 Å². The van der Waals surface area contributed by atoms with Crippen molar-refractivity contribution in [1.82, 2.24) is 19.3 Å². The smallest absolute Gasteiger partial charge is 0.138 e. The molecule has 2 aliphatic heterocycles. The Morgan fingerprint density at radius 2 is 1.90 bits per heavy atom. The number of fused-ring (bicyclic) bond motifs is 4. The number of pyridine rings is 2. The van der Waals surface area contributed by atoms with Crippen molar-refractivity contribution in [3.8, 4) is 0 Å². The third-order valence-electron chi connectivity index (χ3n) is 7.60. The van der Waals surface area contributed by atoms with Gasteiger partial charge in [-0.1, -0.05) is 12.1 Å². The highest BCUT2D eigenvalue weighted by molar-refractivity contribution is 5.53. The van der Waals surface area contributed by atoms with Crippen LogP contribution in [0.3, 0.4) is 0 Å². The lowest BCUT2D eigenvalue weighted by Gasteiger charge is -2.44. The average molecular weight is 417 g/mol. The topological polar surface area (TPSA) is 62.7 Å². The Balaban J connectivity index is 1.29. The number of nitrogens with two attached hydrogens (primary N) is 1. The van der Waals surface area contributed by atoms with E-state index in [4.69, 9.17) is 15.7 Å². The van der Waals surface area contributed by atoms with E-state index in [1.807, 2.05) is 6.20 Å². The van der Waals surface area contributed by atoms with E-state index in [1.165, 1.54) is 42.8 Å². The Bertz CT molecular complexity index is 1070. The molecular formula is C25H32N6. The van der Waals surface area contributed by atoms with Crippen LogP contribution in [0.15, 0.2) is 42.7 Å². The zero-order valence-corrected chi connectivity index (χ0v) is 18.2. The second-order valence-corrected chi connectivity index (χ2v) is 9.57. The number of nitrogens with zero attached hydrogens (tertiary/aromatic N) is 5. The van der Waals surface area contributed by atoms with Crippen LogP contribution in [-0.4, -0.2) is 44.9 Å². The molecule has 5 heterocycles.